The summed E-state index contributed by atoms with van der Waals surface area (Å²) in [7, 11) is 1.51. The maximum Gasteiger partial charge on any atom is 0.308 e. The van der Waals surface area contributed by atoms with Gasteiger partial charge in [0.2, 0.25) is 0 Å². The number of hydrogen-bond donors (Lipinski definition) is 1. The van der Waals surface area contributed by atoms with Gasteiger partial charge >= 0.3 is 5.97 Å². The smallest absolute Gasteiger partial charge is 0.308 e. The zero-order valence-electron chi connectivity index (χ0n) is 14.5. The van der Waals surface area contributed by atoms with Crippen molar-refractivity contribution in [1.82, 2.24) is 9.88 Å². The molecule has 3 rings (SSSR count). The second kappa shape index (κ2) is 10.3. The first kappa shape index (κ1) is 23.0. The van der Waals surface area contributed by atoms with E-state index in [1.54, 1.807) is 28.6 Å². The molecule has 1 amide bonds. The van der Waals surface area contributed by atoms with Gasteiger partial charge in [0, 0.05) is 24.0 Å². The molecule has 1 fully saturated rings. The number of carbonyl (C=O) groups excluding carboxylic acids is 1. The number of rotatable bonds is 6. The van der Waals surface area contributed by atoms with E-state index in [1.807, 2.05) is 5.38 Å². The summed E-state index contributed by atoms with van der Waals surface area (Å²) >= 11 is 1.49. The van der Waals surface area contributed by atoms with Crippen molar-refractivity contribution in [2.45, 2.75) is 13.0 Å². The summed E-state index contributed by atoms with van der Waals surface area (Å²) < 4.78 is 11.0. The second-order valence-electron chi connectivity index (χ2n) is 5.71. The van der Waals surface area contributed by atoms with E-state index in [0.29, 0.717) is 36.6 Å². The Morgan fingerprint density at radius 3 is 2.70 bits per heavy atom. The number of aliphatic carboxylic acids is 1. The van der Waals surface area contributed by atoms with Gasteiger partial charge in [-0.1, -0.05) is 0 Å². The van der Waals surface area contributed by atoms with Crippen molar-refractivity contribution in [3.05, 3.63) is 40.3 Å². The van der Waals surface area contributed by atoms with Crippen LogP contribution in [0.25, 0.3) is 0 Å². The number of nitrogens with zero attached hydrogens (tertiary/aromatic N) is 2. The molecule has 1 atom stereocenters. The summed E-state index contributed by atoms with van der Waals surface area (Å²) in [6.07, 6.45) is 0.479. The van der Waals surface area contributed by atoms with Crippen LogP contribution in [0.3, 0.4) is 0 Å². The van der Waals surface area contributed by atoms with Crippen LogP contribution >= 0.6 is 36.2 Å². The van der Waals surface area contributed by atoms with Gasteiger partial charge in [-0.25, -0.2) is 4.98 Å². The minimum Gasteiger partial charge on any atom is -0.493 e. The third-order valence-corrected chi connectivity index (χ3v) is 4.73. The molecule has 2 aromatic rings. The largest absolute Gasteiger partial charge is 0.493 e. The van der Waals surface area contributed by atoms with Gasteiger partial charge in [-0.2, -0.15) is 0 Å². The molecule has 1 unspecified atom stereocenters. The Morgan fingerprint density at radius 2 is 2.11 bits per heavy atom. The number of methoxy groups -OCH3 is 1. The van der Waals surface area contributed by atoms with Crippen molar-refractivity contribution in [1.29, 1.82) is 0 Å². The van der Waals surface area contributed by atoms with Crippen LogP contribution in [0.2, 0.25) is 0 Å². The van der Waals surface area contributed by atoms with Crippen molar-refractivity contribution in [3.8, 4) is 11.5 Å². The molecular weight excluding hydrogens is 415 g/mol. The highest BCUT2D eigenvalue weighted by Gasteiger charge is 2.31. The molecule has 1 saturated heterocycles. The van der Waals surface area contributed by atoms with Gasteiger partial charge in [0.1, 0.15) is 6.61 Å². The Bertz CT molecular complexity index is 773. The van der Waals surface area contributed by atoms with Crippen LogP contribution in [0.4, 0.5) is 0 Å². The Labute approximate surface area is 173 Å². The Kier molecular flexibility index (Phi) is 8.81. The van der Waals surface area contributed by atoms with Crippen molar-refractivity contribution < 1.29 is 24.2 Å². The van der Waals surface area contributed by atoms with Crippen LogP contribution < -0.4 is 9.47 Å². The number of hydrogen-bond acceptors (Lipinski definition) is 6. The van der Waals surface area contributed by atoms with Gasteiger partial charge in [-0.3, -0.25) is 9.59 Å². The average molecular weight is 435 g/mol. The summed E-state index contributed by atoms with van der Waals surface area (Å²) in [5.74, 6) is -0.578. The third kappa shape index (κ3) is 5.47. The number of carboxylic acids is 1. The molecule has 0 radical (unpaired) electrons. The first-order valence-corrected chi connectivity index (χ1v) is 8.72. The number of amides is 1. The van der Waals surface area contributed by atoms with E-state index in [-0.39, 0.29) is 37.3 Å². The Balaban J connectivity index is 0.00000182. The molecule has 1 aromatic heterocycles. The number of ether oxygens (including phenoxy) is 2. The first-order valence-electron chi connectivity index (χ1n) is 7.78. The summed E-state index contributed by atoms with van der Waals surface area (Å²) in [6, 6.07) is 4.96. The lowest BCUT2D eigenvalue weighted by molar-refractivity contribution is -0.141. The van der Waals surface area contributed by atoms with Crippen LogP contribution in [-0.2, 0) is 11.4 Å². The Morgan fingerprint density at radius 1 is 1.33 bits per heavy atom. The molecule has 1 aromatic carbocycles. The van der Waals surface area contributed by atoms with Gasteiger partial charge in [0.05, 0.1) is 24.2 Å². The molecule has 2 heterocycles. The fraction of sp³-hybridized carbons (Fsp3) is 0.353. The Hall–Kier alpha value is -2.03. The average Bonchev–Trinajstić information content (AvgIpc) is 3.30. The summed E-state index contributed by atoms with van der Waals surface area (Å²) in [5.41, 5.74) is 3.01. The maximum atomic E-state index is 12.6. The number of benzene rings is 1. The van der Waals surface area contributed by atoms with Crippen LogP contribution in [0.15, 0.2) is 29.1 Å². The predicted octanol–water partition coefficient (Wildman–Crippen LogP) is 3.12. The van der Waals surface area contributed by atoms with E-state index in [9.17, 15) is 9.59 Å². The van der Waals surface area contributed by atoms with Gasteiger partial charge in [0.25, 0.3) is 5.91 Å². The molecule has 10 heteroatoms. The minimum atomic E-state index is -0.862. The van der Waals surface area contributed by atoms with Crippen LogP contribution in [0.5, 0.6) is 11.5 Å². The fourth-order valence-corrected chi connectivity index (χ4v) is 3.25. The van der Waals surface area contributed by atoms with Gasteiger partial charge in [0.15, 0.2) is 11.5 Å². The summed E-state index contributed by atoms with van der Waals surface area (Å²) in [5, 5.41) is 11.0. The molecular formula is C17H20Cl2N2O5S. The zero-order valence-corrected chi connectivity index (χ0v) is 16.9. The minimum absolute atomic E-state index is 0. The van der Waals surface area contributed by atoms with Gasteiger partial charge in [-0.15, -0.1) is 36.2 Å². The molecule has 0 spiro atoms. The van der Waals surface area contributed by atoms with Gasteiger partial charge < -0.3 is 19.5 Å². The number of carbonyl (C=O) groups is 2. The molecule has 27 heavy (non-hydrogen) atoms. The number of aromatic nitrogens is 1. The highest BCUT2D eigenvalue weighted by atomic mass is 35.5. The van der Waals surface area contributed by atoms with E-state index in [0.717, 1.165) is 5.69 Å². The molecule has 0 bridgehead atoms. The molecule has 1 aliphatic heterocycles. The van der Waals surface area contributed by atoms with E-state index in [1.165, 1.54) is 18.4 Å². The number of thiazole rings is 1. The highest BCUT2D eigenvalue weighted by Crippen LogP contribution is 2.30. The molecule has 0 saturated carbocycles. The molecule has 1 N–H and O–H groups in total. The first-order chi connectivity index (χ1) is 12.1. The lowest BCUT2D eigenvalue weighted by Crippen LogP contribution is -2.29. The topological polar surface area (TPSA) is 89.0 Å². The lowest BCUT2D eigenvalue weighted by Gasteiger charge is -2.17. The van der Waals surface area contributed by atoms with E-state index < -0.39 is 11.9 Å². The number of carboxylic acid groups (broad SMARTS) is 1. The fourth-order valence-electron chi connectivity index (χ4n) is 2.71. The van der Waals surface area contributed by atoms with Gasteiger partial charge in [-0.05, 0) is 24.6 Å². The predicted molar refractivity (Wildman–Crippen MR) is 106 cm³/mol. The summed E-state index contributed by atoms with van der Waals surface area (Å²) in [4.78, 5) is 29.3. The monoisotopic (exact) mass is 434 g/mol. The maximum absolute atomic E-state index is 12.6. The van der Waals surface area contributed by atoms with E-state index >= 15 is 0 Å². The molecule has 7 nitrogen and oxygen atoms in total. The van der Waals surface area contributed by atoms with Crippen LogP contribution in [-0.4, -0.2) is 47.1 Å². The lowest BCUT2D eigenvalue weighted by atomic mass is 10.1. The van der Waals surface area contributed by atoms with Crippen molar-refractivity contribution in [3.63, 3.8) is 0 Å². The second-order valence-corrected chi connectivity index (χ2v) is 6.43. The molecule has 1 aliphatic rings. The van der Waals surface area contributed by atoms with Crippen LogP contribution in [0, 0.1) is 5.92 Å². The van der Waals surface area contributed by atoms with Crippen molar-refractivity contribution in [2.24, 2.45) is 5.92 Å². The normalized spacial score (nSPS) is 15.4. The number of likely N-dealkylation sites (tertiary alicyclic amines) is 1. The zero-order chi connectivity index (χ0) is 17.8. The third-order valence-electron chi connectivity index (χ3n) is 4.09. The summed E-state index contributed by atoms with van der Waals surface area (Å²) in [6.45, 7) is 0.998. The number of halogens is 2. The van der Waals surface area contributed by atoms with Crippen molar-refractivity contribution in [2.75, 3.05) is 20.2 Å². The van der Waals surface area contributed by atoms with E-state index in [4.69, 9.17) is 14.6 Å². The quantitative estimate of drug-likeness (QED) is 0.750. The van der Waals surface area contributed by atoms with Crippen molar-refractivity contribution >= 4 is 48.0 Å². The highest BCUT2D eigenvalue weighted by molar-refractivity contribution is 7.07. The SMILES string of the molecule is COc1cc(C(=O)N2CCC(C(=O)O)C2)ccc1OCc1cscn1.Cl.Cl. The van der Waals surface area contributed by atoms with E-state index in [2.05, 4.69) is 4.98 Å². The molecule has 0 aliphatic carbocycles. The standard InChI is InChI=1S/C17H18N2O5S.2ClH/c1-23-15-6-11(16(20)19-5-4-12(7-19)17(21)22)2-3-14(15)24-8-13-9-25-10-18-13;;/h2-3,6,9-10,12H,4-5,7-8H2,1H3,(H,21,22);2*1H. The van der Waals surface area contributed by atoms with Crippen LogP contribution in [0.1, 0.15) is 22.5 Å². The molecule has 148 valence electrons.